The fourth-order valence-corrected chi connectivity index (χ4v) is 9.10. The van der Waals surface area contributed by atoms with Gasteiger partial charge in [-0.25, -0.2) is 0 Å². The van der Waals surface area contributed by atoms with Gasteiger partial charge in [0.05, 0.1) is 24.4 Å². The van der Waals surface area contributed by atoms with Gasteiger partial charge in [-0.2, -0.15) is 0 Å². The van der Waals surface area contributed by atoms with Crippen molar-refractivity contribution in [2.75, 3.05) is 0 Å². The molecule has 4 fully saturated rings. The van der Waals surface area contributed by atoms with E-state index in [1.807, 2.05) is 0 Å². The first-order valence-corrected chi connectivity index (χ1v) is 13.2. The lowest BCUT2D eigenvalue weighted by atomic mass is 9.43. The number of hydrogen-bond acceptors (Lipinski definition) is 4. The highest BCUT2D eigenvalue weighted by Gasteiger charge is 2.65. The van der Waals surface area contributed by atoms with Crippen LogP contribution in [-0.2, 0) is 0 Å². The van der Waals surface area contributed by atoms with Crippen molar-refractivity contribution in [3.8, 4) is 0 Å². The first kappa shape index (κ1) is 24.0. The van der Waals surface area contributed by atoms with Crippen molar-refractivity contribution in [2.45, 2.75) is 117 Å². The standard InChI is InChI=1S/C27H48O4/c1-15(2)22(29)9-6-16(3)19-7-8-20-25-21(14-24(31)27(19,20)5)26(4)11-10-18(28)12-17(26)13-23(25)30/h15-25,28-31H,6-14H2,1-5H3/t16-,17+,18-,19-,20+,21-,22-,23-,24+,25+,26+,27-/m1/s1. The summed E-state index contributed by atoms with van der Waals surface area (Å²) < 4.78 is 0. The van der Waals surface area contributed by atoms with Crippen LogP contribution in [0, 0.1) is 52.3 Å². The van der Waals surface area contributed by atoms with E-state index in [4.69, 9.17) is 0 Å². The molecule has 4 N–H and O–H groups in total. The molecule has 4 saturated carbocycles. The van der Waals surface area contributed by atoms with E-state index in [0.29, 0.717) is 35.5 Å². The van der Waals surface area contributed by atoms with Gasteiger partial charge in [0.15, 0.2) is 0 Å². The van der Waals surface area contributed by atoms with Crippen LogP contribution in [0.1, 0.15) is 92.4 Å². The molecule has 0 spiro atoms. The summed E-state index contributed by atoms with van der Waals surface area (Å²) in [6, 6.07) is 0. The lowest BCUT2D eigenvalue weighted by molar-refractivity contribution is -0.207. The highest BCUT2D eigenvalue weighted by molar-refractivity contribution is 5.14. The van der Waals surface area contributed by atoms with Gasteiger partial charge in [0.2, 0.25) is 0 Å². The predicted octanol–water partition coefficient (Wildman–Crippen LogP) is 4.38. The van der Waals surface area contributed by atoms with Crippen LogP contribution in [0.2, 0.25) is 0 Å². The number of aliphatic hydroxyl groups excluding tert-OH is 4. The zero-order valence-corrected chi connectivity index (χ0v) is 20.5. The normalized spacial score (nSPS) is 51.7. The molecule has 0 heterocycles. The Labute approximate surface area is 189 Å². The Bertz CT molecular complexity index is 637. The molecular formula is C27H48O4. The Morgan fingerprint density at radius 2 is 1.58 bits per heavy atom. The van der Waals surface area contributed by atoms with E-state index in [2.05, 4.69) is 34.6 Å². The minimum Gasteiger partial charge on any atom is -0.393 e. The largest absolute Gasteiger partial charge is 0.393 e. The Kier molecular flexibility index (Phi) is 6.62. The van der Waals surface area contributed by atoms with Crippen molar-refractivity contribution in [3.05, 3.63) is 0 Å². The van der Waals surface area contributed by atoms with E-state index in [1.54, 1.807) is 0 Å². The number of rotatable bonds is 5. The minimum atomic E-state index is -0.321. The Morgan fingerprint density at radius 3 is 2.26 bits per heavy atom. The maximum atomic E-state index is 11.6. The molecule has 4 aliphatic rings. The Hall–Kier alpha value is -0.160. The zero-order valence-electron chi connectivity index (χ0n) is 20.5. The van der Waals surface area contributed by atoms with E-state index in [0.717, 1.165) is 57.8 Å². The molecule has 31 heavy (non-hydrogen) atoms. The Balaban J connectivity index is 1.55. The number of fused-ring (bicyclic) bond motifs is 5. The number of hydrogen-bond donors (Lipinski definition) is 4. The van der Waals surface area contributed by atoms with E-state index in [-0.39, 0.29) is 41.2 Å². The van der Waals surface area contributed by atoms with E-state index < -0.39 is 0 Å². The molecule has 0 saturated heterocycles. The van der Waals surface area contributed by atoms with Gasteiger partial charge in [0, 0.05) is 0 Å². The fraction of sp³-hybridized carbons (Fsp3) is 1.00. The minimum absolute atomic E-state index is 0.135. The maximum Gasteiger partial charge on any atom is 0.0602 e. The van der Waals surface area contributed by atoms with Gasteiger partial charge < -0.3 is 20.4 Å². The summed E-state index contributed by atoms with van der Waals surface area (Å²) in [6.07, 6.45) is 7.31. The van der Waals surface area contributed by atoms with Crippen LogP contribution in [0.5, 0.6) is 0 Å². The van der Waals surface area contributed by atoms with Crippen LogP contribution in [0.4, 0.5) is 0 Å². The summed E-state index contributed by atoms with van der Waals surface area (Å²) in [5.41, 5.74) is -0.00175. The van der Waals surface area contributed by atoms with Crippen LogP contribution in [-0.4, -0.2) is 44.8 Å². The molecular weight excluding hydrogens is 388 g/mol. The maximum absolute atomic E-state index is 11.6. The average Bonchev–Trinajstić information content (AvgIpc) is 3.06. The highest BCUT2D eigenvalue weighted by Crippen LogP contribution is 2.68. The molecule has 12 atom stereocenters. The quantitative estimate of drug-likeness (QED) is 0.515. The fourth-order valence-electron chi connectivity index (χ4n) is 9.10. The molecule has 4 aliphatic carbocycles. The molecule has 4 nitrogen and oxygen atoms in total. The van der Waals surface area contributed by atoms with Crippen molar-refractivity contribution < 1.29 is 20.4 Å². The van der Waals surface area contributed by atoms with Gasteiger partial charge in [-0.05, 0) is 110 Å². The SMILES string of the molecule is CC(C)[C@H](O)CC[C@@H](C)[C@H]1CC[C@H]2[C@@H]3[C@H](O)C[C@@H]4C[C@H](O)CC[C@]4(C)[C@@H]3C[C@H](O)[C@]12C. The average molecular weight is 437 g/mol. The van der Waals surface area contributed by atoms with E-state index >= 15 is 0 Å². The van der Waals surface area contributed by atoms with Gasteiger partial charge in [0.1, 0.15) is 0 Å². The first-order chi connectivity index (χ1) is 14.5. The van der Waals surface area contributed by atoms with Gasteiger partial charge in [0.25, 0.3) is 0 Å². The van der Waals surface area contributed by atoms with Gasteiger partial charge >= 0.3 is 0 Å². The second-order valence-corrected chi connectivity index (χ2v) is 12.9. The summed E-state index contributed by atoms with van der Waals surface area (Å²) in [6.45, 7) is 11.2. The molecule has 180 valence electrons. The predicted molar refractivity (Wildman–Crippen MR) is 123 cm³/mol. The van der Waals surface area contributed by atoms with Crippen LogP contribution in [0.15, 0.2) is 0 Å². The van der Waals surface area contributed by atoms with Crippen LogP contribution >= 0.6 is 0 Å². The van der Waals surface area contributed by atoms with Crippen molar-refractivity contribution in [1.82, 2.24) is 0 Å². The van der Waals surface area contributed by atoms with Gasteiger partial charge in [-0.3, -0.25) is 0 Å². The molecule has 0 bridgehead atoms. The summed E-state index contributed by atoms with van der Waals surface area (Å²) in [4.78, 5) is 0. The molecule has 0 unspecified atom stereocenters. The van der Waals surface area contributed by atoms with Gasteiger partial charge in [-0.1, -0.05) is 34.6 Å². The number of aliphatic hydroxyl groups is 4. The smallest absolute Gasteiger partial charge is 0.0602 e. The molecule has 0 radical (unpaired) electrons. The van der Waals surface area contributed by atoms with Crippen molar-refractivity contribution >= 4 is 0 Å². The lowest BCUT2D eigenvalue weighted by Gasteiger charge is -2.63. The molecule has 4 rings (SSSR count). The molecule has 0 amide bonds. The third kappa shape index (κ3) is 3.82. The molecule has 0 aromatic rings. The Morgan fingerprint density at radius 1 is 0.871 bits per heavy atom. The van der Waals surface area contributed by atoms with Crippen molar-refractivity contribution in [2.24, 2.45) is 52.3 Å². The second-order valence-electron chi connectivity index (χ2n) is 12.9. The topological polar surface area (TPSA) is 80.9 Å². The van der Waals surface area contributed by atoms with E-state index in [1.165, 1.54) is 0 Å². The monoisotopic (exact) mass is 436 g/mol. The highest BCUT2D eigenvalue weighted by atomic mass is 16.3. The van der Waals surface area contributed by atoms with Crippen molar-refractivity contribution in [1.29, 1.82) is 0 Å². The molecule has 4 heteroatoms. The third-order valence-electron chi connectivity index (χ3n) is 11.2. The van der Waals surface area contributed by atoms with Crippen LogP contribution in [0.3, 0.4) is 0 Å². The van der Waals surface area contributed by atoms with Crippen LogP contribution in [0.25, 0.3) is 0 Å². The molecule has 0 aromatic carbocycles. The van der Waals surface area contributed by atoms with Crippen LogP contribution < -0.4 is 0 Å². The lowest BCUT2D eigenvalue weighted by Crippen LogP contribution is -2.62. The zero-order chi connectivity index (χ0) is 22.7. The summed E-state index contributed by atoms with van der Waals surface area (Å²) in [7, 11) is 0. The van der Waals surface area contributed by atoms with Gasteiger partial charge in [-0.15, -0.1) is 0 Å². The molecule has 0 aliphatic heterocycles. The third-order valence-corrected chi connectivity index (χ3v) is 11.2. The van der Waals surface area contributed by atoms with E-state index in [9.17, 15) is 20.4 Å². The second kappa shape index (κ2) is 8.56. The summed E-state index contributed by atoms with van der Waals surface area (Å²) in [5.74, 6) is 2.62. The summed E-state index contributed by atoms with van der Waals surface area (Å²) in [5, 5.41) is 43.6. The van der Waals surface area contributed by atoms with Crippen molar-refractivity contribution in [3.63, 3.8) is 0 Å². The first-order valence-electron chi connectivity index (χ1n) is 13.2. The summed E-state index contributed by atoms with van der Waals surface area (Å²) >= 11 is 0. The molecule has 0 aromatic heterocycles.